The van der Waals surface area contributed by atoms with Crippen LogP contribution in [0.25, 0.3) is 0 Å². The Labute approximate surface area is 87.5 Å². The molecule has 1 aliphatic rings. The second-order valence-corrected chi connectivity index (χ2v) is 3.15. The predicted molar refractivity (Wildman–Crippen MR) is 53.4 cm³/mol. The number of ether oxygens (including phenoxy) is 2. The van der Waals surface area contributed by atoms with Gasteiger partial charge in [0.05, 0.1) is 13.7 Å². The number of carbonyl (C=O) groups excluding carboxylic acids is 1. The summed E-state index contributed by atoms with van der Waals surface area (Å²) in [6.07, 6.45) is 5.52. The van der Waals surface area contributed by atoms with Gasteiger partial charge >= 0.3 is 5.97 Å². The Morgan fingerprint density at radius 1 is 1.60 bits per heavy atom. The number of aromatic nitrogens is 1. The van der Waals surface area contributed by atoms with E-state index in [1.165, 1.54) is 7.11 Å². The Morgan fingerprint density at radius 3 is 3.00 bits per heavy atom. The lowest BCUT2D eigenvalue weighted by atomic mass is 10.1. The zero-order valence-corrected chi connectivity index (χ0v) is 8.34. The van der Waals surface area contributed by atoms with E-state index in [0.717, 1.165) is 5.56 Å². The van der Waals surface area contributed by atoms with Crippen molar-refractivity contribution >= 4 is 5.97 Å². The normalized spacial score (nSPS) is 19.1. The molecule has 2 rings (SSSR count). The van der Waals surface area contributed by atoms with Gasteiger partial charge in [-0.25, -0.2) is 9.78 Å². The maximum atomic E-state index is 11.1. The minimum absolute atomic E-state index is 0.0378. The molecule has 2 heterocycles. The summed E-state index contributed by atoms with van der Waals surface area (Å²) in [5.41, 5.74) is 1.25. The van der Waals surface area contributed by atoms with Crippen molar-refractivity contribution in [2.45, 2.75) is 6.10 Å². The van der Waals surface area contributed by atoms with Crippen LogP contribution < -0.4 is 0 Å². The number of hydrogen-bond donors (Lipinski definition) is 0. The topological polar surface area (TPSA) is 48.4 Å². The molecule has 0 aromatic carbocycles. The first-order valence-corrected chi connectivity index (χ1v) is 4.64. The first-order valence-electron chi connectivity index (χ1n) is 4.64. The predicted octanol–water partition coefficient (Wildman–Crippen LogP) is 1.50. The number of nitrogens with zero attached hydrogens (tertiary/aromatic N) is 1. The maximum absolute atomic E-state index is 11.1. The average molecular weight is 205 g/mol. The number of esters is 1. The van der Waals surface area contributed by atoms with Gasteiger partial charge in [0.1, 0.15) is 11.8 Å². The lowest BCUT2D eigenvalue weighted by Gasteiger charge is -2.08. The third-order valence-electron chi connectivity index (χ3n) is 2.19. The van der Waals surface area contributed by atoms with Gasteiger partial charge in [0.25, 0.3) is 0 Å². The summed E-state index contributed by atoms with van der Waals surface area (Å²) in [5, 5.41) is 0. The van der Waals surface area contributed by atoms with Crippen LogP contribution in [0, 0.1) is 0 Å². The smallest absolute Gasteiger partial charge is 0.356 e. The van der Waals surface area contributed by atoms with Crippen LogP contribution in [-0.4, -0.2) is 24.7 Å². The van der Waals surface area contributed by atoms with Crippen LogP contribution in [0.1, 0.15) is 22.2 Å². The molecule has 1 unspecified atom stereocenters. The Hall–Kier alpha value is -1.68. The van der Waals surface area contributed by atoms with Crippen molar-refractivity contribution in [3.8, 4) is 0 Å². The molecule has 0 saturated carbocycles. The molecule has 1 aromatic heterocycles. The fourth-order valence-electron chi connectivity index (χ4n) is 1.40. The van der Waals surface area contributed by atoms with Gasteiger partial charge in [0.15, 0.2) is 0 Å². The number of methoxy groups -OCH3 is 1. The maximum Gasteiger partial charge on any atom is 0.356 e. The highest BCUT2D eigenvalue weighted by atomic mass is 16.5. The van der Waals surface area contributed by atoms with Gasteiger partial charge < -0.3 is 9.47 Å². The molecule has 1 aromatic rings. The van der Waals surface area contributed by atoms with Crippen molar-refractivity contribution in [3.05, 3.63) is 41.7 Å². The minimum Gasteiger partial charge on any atom is -0.464 e. The molecular formula is C11H11NO3. The largest absolute Gasteiger partial charge is 0.464 e. The van der Waals surface area contributed by atoms with Crippen LogP contribution >= 0.6 is 0 Å². The van der Waals surface area contributed by atoms with Crippen molar-refractivity contribution in [2.24, 2.45) is 0 Å². The summed E-state index contributed by atoms with van der Waals surface area (Å²) in [5.74, 6) is -0.426. The van der Waals surface area contributed by atoms with E-state index in [1.807, 2.05) is 18.2 Å². The van der Waals surface area contributed by atoms with Crippen molar-refractivity contribution in [1.82, 2.24) is 4.98 Å². The SMILES string of the molecule is COC(=O)c1ccc(C2C=CCO2)cn1. The third-order valence-corrected chi connectivity index (χ3v) is 2.19. The van der Waals surface area contributed by atoms with Gasteiger partial charge in [-0.2, -0.15) is 0 Å². The number of hydrogen-bond acceptors (Lipinski definition) is 4. The molecule has 0 amide bonds. The molecule has 0 N–H and O–H groups in total. The van der Waals surface area contributed by atoms with Crippen LogP contribution in [-0.2, 0) is 9.47 Å². The Balaban J connectivity index is 2.16. The zero-order chi connectivity index (χ0) is 10.7. The summed E-state index contributed by atoms with van der Waals surface area (Å²) in [4.78, 5) is 15.1. The molecular weight excluding hydrogens is 194 g/mol. The van der Waals surface area contributed by atoms with E-state index in [4.69, 9.17) is 4.74 Å². The van der Waals surface area contributed by atoms with Gasteiger partial charge in [0.2, 0.25) is 0 Å². The Morgan fingerprint density at radius 2 is 2.47 bits per heavy atom. The average Bonchev–Trinajstić information content (AvgIpc) is 2.82. The van der Waals surface area contributed by atoms with Gasteiger partial charge in [-0.05, 0) is 6.07 Å². The van der Waals surface area contributed by atoms with E-state index in [2.05, 4.69) is 9.72 Å². The van der Waals surface area contributed by atoms with Crippen molar-refractivity contribution < 1.29 is 14.3 Å². The van der Waals surface area contributed by atoms with Crippen molar-refractivity contribution in [1.29, 1.82) is 0 Å². The Kier molecular flexibility index (Phi) is 2.78. The lowest BCUT2D eigenvalue weighted by molar-refractivity contribution is 0.0593. The van der Waals surface area contributed by atoms with E-state index in [1.54, 1.807) is 12.3 Å². The van der Waals surface area contributed by atoms with Crippen LogP contribution in [0.2, 0.25) is 0 Å². The standard InChI is InChI=1S/C11H11NO3/c1-14-11(13)9-5-4-8(7-12-9)10-3-2-6-15-10/h2-5,7,10H,6H2,1H3. The first-order chi connectivity index (χ1) is 7.31. The van der Waals surface area contributed by atoms with Crippen LogP contribution in [0.3, 0.4) is 0 Å². The van der Waals surface area contributed by atoms with Crippen LogP contribution in [0.4, 0.5) is 0 Å². The summed E-state index contributed by atoms with van der Waals surface area (Å²) in [6, 6.07) is 3.45. The second-order valence-electron chi connectivity index (χ2n) is 3.15. The number of pyridine rings is 1. The molecule has 0 aliphatic carbocycles. The molecule has 15 heavy (non-hydrogen) atoms. The zero-order valence-electron chi connectivity index (χ0n) is 8.34. The Bertz CT molecular complexity index is 383. The highest BCUT2D eigenvalue weighted by Crippen LogP contribution is 2.22. The molecule has 0 saturated heterocycles. The molecule has 1 aliphatic heterocycles. The summed E-state index contributed by atoms with van der Waals surface area (Å²) >= 11 is 0. The van der Waals surface area contributed by atoms with E-state index >= 15 is 0 Å². The summed E-state index contributed by atoms with van der Waals surface area (Å²) in [7, 11) is 1.33. The fraction of sp³-hybridized carbons (Fsp3) is 0.273. The number of rotatable bonds is 2. The summed E-state index contributed by atoms with van der Waals surface area (Å²) in [6.45, 7) is 0.628. The quantitative estimate of drug-likeness (QED) is 0.542. The number of carbonyl (C=O) groups is 1. The highest BCUT2D eigenvalue weighted by molar-refractivity contribution is 5.86. The van der Waals surface area contributed by atoms with Gasteiger partial charge in [-0.15, -0.1) is 0 Å². The first kappa shape index (κ1) is 9.86. The fourth-order valence-corrected chi connectivity index (χ4v) is 1.40. The molecule has 0 fully saturated rings. The van der Waals surface area contributed by atoms with Gasteiger partial charge in [0, 0.05) is 11.8 Å². The molecule has 4 nitrogen and oxygen atoms in total. The third kappa shape index (κ3) is 2.05. The lowest BCUT2D eigenvalue weighted by Crippen LogP contribution is -2.05. The van der Waals surface area contributed by atoms with Gasteiger partial charge in [-0.1, -0.05) is 18.2 Å². The van der Waals surface area contributed by atoms with Crippen LogP contribution in [0.5, 0.6) is 0 Å². The van der Waals surface area contributed by atoms with E-state index < -0.39 is 5.97 Å². The van der Waals surface area contributed by atoms with E-state index in [-0.39, 0.29) is 6.10 Å². The summed E-state index contributed by atoms with van der Waals surface area (Å²) < 4.78 is 9.95. The van der Waals surface area contributed by atoms with Crippen molar-refractivity contribution in [2.75, 3.05) is 13.7 Å². The van der Waals surface area contributed by atoms with Gasteiger partial charge in [-0.3, -0.25) is 0 Å². The van der Waals surface area contributed by atoms with Crippen LogP contribution in [0.15, 0.2) is 30.5 Å². The molecule has 4 heteroatoms. The minimum atomic E-state index is -0.426. The van der Waals surface area contributed by atoms with Crippen molar-refractivity contribution in [3.63, 3.8) is 0 Å². The molecule has 0 radical (unpaired) electrons. The monoisotopic (exact) mass is 205 g/mol. The molecule has 1 atom stereocenters. The second kappa shape index (κ2) is 4.23. The highest BCUT2D eigenvalue weighted by Gasteiger charge is 2.13. The van der Waals surface area contributed by atoms with E-state index in [0.29, 0.717) is 12.3 Å². The molecule has 78 valence electrons. The van der Waals surface area contributed by atoms with E-state index in [9.17, 15) is 4.79 Å². The molecule has 0 bridgehead atoms. The molecule has 0 spiro atoms.